The summed E-state index contributed by atoms with van der Waals surface area (Å²) >= 11 is 0. The van der Waals surface area contributed by atoms with Crippen LogP contribution in [-0.2, 0) is 4.74 Å². The van der Waals surface area contributed by atoms with E-state index in [0.717, 1.165) is 25.9 Å². The second-order valence-corrected chi connectivity index (χ2v) is 3.94. The molecule has 1 aliphatic rings. The maximum atomic E-state index is 9.59. The lowest BCUT2D eigenvalue weighted by molar-refractivity contribution is -0.0372. The van der Waals surface area contributed by atoms with Gasteiger partial charge in [0.25, 0.3) is 0 Å². The zero-order chi connectivity index (χ0) is 10.4. The van der Waals surface area contributed by atoms with Gasteiger partial charge in [0.15, 0.2) is 0 Å². The summed E-state index contributed by atoms with van der Waals surface area (Å²) in [6, 6.07) is 0. The quantitative estimate of drug-likeness (QED) is 0.681. The Morgan fingerprint density at radius 2 is 2.21 bits per heavy atom. The highest BCUT2D eigenvalue weighted by atomic mass is 16.5. The molecule has 1 rings (SSSR count). The van der Waals surface area contributed by atoms with Gasteiger partial charge >= 0.3 is 0 Å². The molecule has 0 bridgehead atoms. The van der Waals surface area contributed by atoms with E-state index in [2.05, 4.69) is 11.8 Å². The zero-order valence-electron chi connectivity index (χ0n) is 9.12. The summed E-state index contributed by atoms with van der Waals surface area (Å²) in [6.45, 7) is 4.64. The molecule has 1 atom stereocenters. The van der Waals surface area contributed by atoms with E-state index in [4.69, 9.17) is 4.74 Å². The fraction of sp³-hybridized carbons (Fsp3) is 0.833. The number of hydrogen-bond acceptors (Lipinski definition) is 2. The van der Waals surface area contributed by atoms with Gasteiger partial charge in [-0.15, -0.1) is 11.8 Å². The first kappa shape index (κ1) is 11.6. The third-order valence-corrected chi connectivity index (χ3v) is 2.71. The van der Waals surface area contributed by atoms with E-state index >= 15 is 0 Å². The molecule has 14 heavy (non-hydrogen) atoms. The molecule has 2 heteroatoms. The van der Waals surface area contributed by atoms with Crippen LogP contribution in [0.5, 0.6) is 0 Å². The predicted octanol–water partition coefficient (Wildman–Crippen LogP) is 1.97. The summed E-state index contributed by atoms with van der Waals surface area (Å²) in [5.41, 5.74) is 0. The fourth-order valence-corrected chi connectivity index (χ4v) is 1.93. The van der Waals surface area contributed by atoms with Crippen LogP contribution in [0.15, 0.2) is 0 Å². The monoisotopic (exact) mass is 196 g/mol. The van der Waals surface area contributed by atoms with Gasteiger partial charge in [-0.05, 0) is 39.0 Å². The van der Waals surface area contributed by atoms with Crippen LogP contribution in [0.4, 0.5) is 0 Å². The Morgan fingerprint density at radius 3 is 2.79 bits per heavy atom. The van der Waals surface area contributed by atoms with E-state index in [1.807, 2.05) is 6.92 Å². The Morgan fingerprint density at radius 1 is 1.50 bits per heavy atom. The highest BCUT2D eigenvalue weighted by Gasteiger charge is 2.30. The minimum absolute atomic E-state index is 0.241. The topological polar surface area (TPSA) is 29.5 Å². The van der Waals surface area contributed by atoms with Crippen molar-refractivity contribution in [2.45, 2.75) is 51.7 Å². The molecule has 0 heterocycles. The first-order chi connectivity index (χ1) is 6.76. The van der Waals surface area contributed by atoms with Crippen molar-refractivity contribution in [2.24, 2.45) is 5.92 Å². The van der Waals surface area contributed by atoms with Crippen LogP contribution in [0.25, 0.3) is 0 Å². The van der Waals surface area contributed by atoms with Crippen molar-refractivity contribution >= 4 is 0 Å². The molecule has 1 fully saturated rings. The molecule has 0 spiro atoms. The summed E-state index contributed by atoms with van der Waals surface area (Å²) in [5.74, 6) is 6.36. The molecule has 1 saturated carbocycles. The van der Waals surface area contributed by atoms with Gasteiger partial charge < -0.3 is 9.84 Å². The Bertz CT molecular complexity index is 208. The van der Waals surface area contributed by atoms with E-state index in [1.165, 1.54) is 0 Å². The summed E-state index contributed by atoms with van der Waals surface area (Å²) in [6.07, 6.45) is 3.95. The molecule has 2 nitrogen and oxygen atoms in total. The molecule has 0 aromatic rings. The molecule has 0 saturated heterocycles. The molecule has 0 aromatic carbocycles. The van der Waals surface area contributed by atoms with E-state index in [0.29, 0.717) is 18.4 Å². The van der Waals surface area contributed by atoms with Gasteiger partial charge in [0.1, 0.15) is 0 Å². The van der Waals surface area contributed by atoms with Crippen molar-refractivity contribution in [3.05, 3.63) is 0 Å². The lowest BCUT2D eigenvalue weighted by atomic mass is 9.78. The molecular weight excluding hydrogens is 176 g/mol. The predicted molar refractivity (Wildman–Crippen MR) is 56.8 cm³/mol. The minimum Gasteiger partial charge on any atom is -0.392 e. The third kappa shape index (κ3) is 3.69. The minimum atomic E-state index is -0.241. The molecule has 80 valence electrons. The molecule has 1 N–H and O–H groups in total. The van der Waals surface area contributed by atoms with Crippen LogP contribution in [0, 0.1) is 17.8 Å². The number of aliphatic hydroxyl groups excluding tert-OH is 1. The standard InChI is InChI=1S/C12H20O2/c1-3-5-6-11(13)7-10-8-12(9-10)14-4-2/h10-13H,4,6-9H2,1-2H3. The number of ether oxygens (including phenoxy) is 1. The molecule has 1 unspecified atom stereocenters. The van der Waals surface area contributed by atoms with Crippen molar-refractivity contribution in [3.63, 3.8) is 0 Å². The fourth-order valence-electron chi connectivity index (χ4n) is 1.93. The summed E-state index contributed by atoms with van der Waals surface area (Å²) in [5, 5.41) is 9.59. The largest absolute Gasteiger partial charge is 0.392 e. The smallest absolute Gasteiger partial charge is 0.0652 e. The Labute approximate surface area is 86.7 Å². The van der Waals surface area contributed by atoms with E-state index in [1.54, 1.807) is 6.92 Å². The summed E-state index contributed by atoms with van der Waals surface area (Å²) in [7, 11) is 0. The van der Waals surface area contributed by atoms with Gasteiger partial charge in [0, 0.05) is 13.0 Å². The van der Waals surface area contributed by atoms with Gasteiger partial charge in [0.05, 0.1) is 12.2 Å². The van der Waals surface area contributed by atoms with Crippen molar-refractivity contribution < 1.29 is 9.84 Å². The zero-order valence-corrected chi connectivity index (χ0v) is 9.12. The van der Waals surface area contributed by atoms with Crippen molar-refractivity contribution in [2.75, 3.05) is 6.61 Å². The molecule has 0 radical (unpaired) electrons. The van der Waals surface area contributed by atoms with E-state index < -0.39 is 0 Å². The lowest BCUT2D eigenvalue weighted by Gasteiger charge is -2.35. The van der Waals surface area contributed by atoms with Crippen LogP contribution >= 0.6 is 0 Å². The van der Waals surface area contributed by atoms with Gasteiger partial charge in [-0.2, -0.15) is 0 Å². The maximum Gasteiger partial charge on any atom is 0.0652 e. The van der Waals surface area contributed by atoms with E-state index in [9.17, 15) is 5.11 Å². The number of aliphatic hydroxyl groups is 1. The van der Waals surface area contributed by atoms with Crippen molar-refractivity contribution in [1.29, 1.82) is 0 Å². The van der Waals surface area contributed by atoms with Gasteiger partial charge in [0.2, 0.25) is 0 Å². The number of rotatable bonds is 5. The molecule has 1 aliphatic carbocycles. The van der Waals surface area contributed by atoms with Gasteiger partial charge in [-0.25, -0.2) is 0 Å². The summed E-state index contributed by atoms with van der Waals surface area (Å²) in [4.78, 5) is 0. The molecule has 0 amide bonds. The molecule has 0 aromatic heterocycles. The van der Waals surface area contributed by atoms with E-state index in [-0.39, 0.29) is 6.10 Å². The van der Waals surface area contributed by atoms with Crippen molar-refractivity contribution in [3.8, 4) is 11.8 Å². The van der Waals surface area contributed by atoms with Crippen LogP contribution in [0.2, 0.25) is 0 Å². The van der Waals surface area contributed by atoms with Gasteiger partial charge in [-0.3, -0.25) is 0 Å². The normalized spacial score (nSPS) is 27.4. The second-order valence-electron chi connectivity index (χ2n) is 3.94. The Balaban J connectivity index is 2.06. The maximum absolute atomic E-state index is 9.59. The van der Waals surface area contributed by atoms with Crippen LogP contribution < -0.4 is 0 Å². The molecular formula is C12H20O2. The average molecular weight is 196 g/mol. The van der Waals surface area contributed by atoms with Crippen LogP contribution in [0.3, 0.4) is 0 Å². The van der Waals surface area contributed by atoms with Crippen LogP contribution in [0.1, 0.15) is 39.5 Å². The second kappa shape index (κ2) is 6.06. The Kier molecular flexibility index (Phi) is 5.00. The van der Waals surface area contributed by atoms with Crippen LogP contribution in [-0.4, -0.2) is 23.9 Å². The first-order valence-corrected chi connectivity index (χ1v) is 5.45. The lowest BCUT2D eigenvalue weighted by Crippen LogP contribution is -2.33. The average Bonchev–Trinajstić information content (AvgIpc) is 2.11. The molecule has 0 aliphatic heterocycles. The highest BCUT2D eigenvalue weighted by molar-refractivity contribution is 4.97. The SMILES string of the molecule is CC#CCC(O)CC1CC(OCC)C1. The van der Waals surface area contributed by atoms with Gasteiger partial charge in [-0.1, -0.05) is 0 Å². The third-order valence-electron chi connectivity index (χ3n) is 2.71. The highest BCUT2D eigenvalue weighted by Crippen LogP contribution is 2.33. The Hall–Kier alpha value is -0.520. The summed E-state index contributed by atoms with van der Waals surface area (Å²) < 4.78 is 5.46. The first-order valence-electron chi connectivity index (χ1n) is 5.45. The van der Waals surface area contributed by atoms with Crippen molar-refractivity contribution in [1.82, 2.24) is 0 Å². The number of hydrogen-bond donors (Lipinski definition) is 1.